The van der Waals surface area contributed by atoms with Crippen molar-refractivity contribution >= 4 is 35.8 Å². The second kappa shape index (κ2) is 12.1. The van der Waals surface area contributed by atoms with E-state index in [0.717, 1.165) is 44.9 Å². The molecule has 0 saturated carbocycles. The lowest BCUT2D eigenvalue weighted by molar-refractivity contribution is 0.0953. The maximum atomic E-state index is 11.9. The molecular formula is C17H27IN4O2. The van der Waals surface area contributed by atoms with E-state index in [4.69, 9.17) is 4.74 Å². The number of amides is 1. The summed E-state index contributed by atoms with van der Waals surface area (Å²) in [5, 5.41) is 9.41. The van der Waals surface area contributed by atoms with Crippen LogP contribution in [0.3, 0.4) is 0 Å². The lowest BCUT2D eigenvalue weighted by Crippen LogP contribution is -2.42. The summed E-state index contributed by atoms with van der Waals surface area (Å²) >= 11 is 0. The molecule has 0 bridgehead atoms. The van der Waals surface area contributed by atoms with Crippen molar-refractivity contribution in [3.63, 3.8) is 0 Å². The summed E-state index contributed by atoms with van der Waals surface area (Å²) in [5.41, 5.74) is 0.689. The molecule has 24 heavy (non-hydrogen) atoms. The SMILES string of the molecule is CN=C(NCCCNC(=O)c1ccccc1)NCC1CCCO1.I. The Balaban J connectivity index is 0.00000288. The molecule has 1 aromatic rings. The van der Waals surface area contributed by atoms with Crippen LogP contribution in [0.15, 0.2) is 35.3 Å². The highest BCUT2D eigenvalue weighted by Gasteiger charge is 2.15. The van der Waals surface area contributed by atoms with Crippen molar-refractivity contribution in [1.82, 2.24) is 16.0 Å². The van der Waals surface area contributed by atoms with Crippen LogP contribution in [0, 0.1) is 0 Å². The molecule has 134 valence electrons. The van der Waals surface area contributed by atoms with E-state index < -0.39 is 0 Å². The van der Waals surface area contributed by atoms with Crippen molar-refractivity contribution in [2.45, 2.75) is 25.4 Å². The Labute approximate surface area is 160 Å². The third kappa shape index (κ3) is 7.48. The standard InChI is InChI=1S/C17H26N4O2.HI/c1-18-17(21-13-15-9-5-12-23-15)20-11-6-10-19-16(22)14-7-3-2-4-8-14;/h2-4,7-8,15H,5-6,9-13H2,1H3,(H,19,22)(H2,18,20,21);1H. The number of carbonyl (C=O) groups excluding carboxylic acids is 1. The number of hydrogen-bond acceptors (Lipinski definition) is 3. The minimum absolute atomic E-state index is 0. The molecule has 1 aliphatic rings. The van der Waals surface area contributed by atoms with E-state index in [2.05, 4.69) is 20.9 Å². The molecule has 1 amide bonds. The number of benzene rings is 1. The highest BCUT2D eigenvalue weighted by atomic mass is 127. The van der Waals surface area contributed by atoms with Gasteiger partial charge in [0.25, 0.3) is 5.91 Å². The van der Waals surface area contributed by atoms with E-state index >= 15 is 0 Å². The van der Waals surface area contributed by atoms with Crippen LogP contribution in [-0.2, 0) is 4.74 Å². The van der Waals surface area contributed by atoms with Crippen LogP contribution in [0.5, 0.6) is 0 Å². The Morgan fingerprint density at radius 1 is 1.21 bits per heavy atom. The van der Waals surface area contributed by atoms with Gasteiger partial charge in [-0.25, -0.2) is 0 Å². The molecule has 3 N–H and O–H groups in total. The van der Waals surface area contributed by atoms with Gasteiger partial charge in [-0.1, -0.05) is 18.2 Å². The highest BCUT2D eigenvalue weighted by molar-refractivity contribution is 14.0. The third-order valence-electron chi connectivity index (χ3n) is 3.71. The maximum Gasteiger partial charge on any atom is 0.251 e. The fraction of sp³-hybridized carbons (Fsp3) is 0.529. The van der Waals surface area contributed by atoms with Crippen molar-refractivity contribution in [2.24, 2.45) is 4.99 Å². The maximum absolute atomic E-state index is 11.9. The van der Waals surface area contributed by atoms with Crippen LogP contribution < -0.4 is 16.0 Å². The first-order chi connectivity index (χ1) is 11.3. The fourth-order valence-corrected chi connectivity index (χ4v) is 2.43. The van der Waals surface area contributed by atoms with Crippen LogP contribution in [0.2, 0.25) is 0 Å². The lowest BCUT2D eigenvalue weighted by Gasteiger charge is -2.15. The summed E-state index contributed by atoms with van der Waals surface area (Å²) in [5.74, 6) is 0.737. The minimum atomic E-state index is -0.0357. The summed E-state index contributed by atoms with van der Waals surface area (Å²) in [4.78, 5) is 16.0. The Morgan fingerprint density at radius 3 is 2.62 bits per heavy atom. The number of rotatable bonds is 7. The van der Waals surface area contributed by atoms with Gasteiger partial charge < -0.3 is 20.7 Å². The average Bonchev–Trinajstić information content (AvgIpc) is 3.11. The van der Waals surface area contributed by atoms with Crippen LogP contribution in [0.4, 0.5) is 0 Å². The van der Waals surface area contributed by atoms with Crippen LogP contribution >= 0.6 is 24.0 Å². The summed E-state index contributed by atoms with van der Waals surface area (Å²) in [6, 6.07) is 9.24. The van der Waals surface area contributed by atoms with Gasteiger partial charge in [0.2, 0.25) is 0 Å². The topological polar surface area (TPSA) is 74.8 Å². The van der Waals surface area contributed by atoms with Crippen molar-refractivity contribution in [3.8, 4) is 0 Å². The van der Waals surface area contributed by atoms with E-state index in [1.165, 1.54) is 0 Å². The molecule has 0 spiro atoms. The zero-order valence-corrected chi connectivity index (χ0v) is 16.4. The number of halogens is 1. The van der Waals surface area contributed by atoms with Gasteiger partial charge in [0.15, 0.2) is 5.96 Å². The van der Waals surface area contributed by atoms with E-state index in [1.54, 1.807) is 7.05 Å². The van der Waals surface area contributed by atoms with Gasteiger partial charge in [-0.15, -0.1) is 24.0 Å². The number of carbonyl (C=O) groups is 1. The van der Waals surface area contributed by atoms with Crippen molar-refractivity contribution < 1.29 is 9.53 Å². The van der Waals surface area contributed by atoms with Gasteiger partial charge in [0.1, 0.15) is 0 Å². The number of ether oxygens (including phenoxy) is 1. The fourth-order valence-electron chi connectivity index (χ4n) is 2.43. The second-order valence-electron chi connectivity index (χ2n) is 5.49. The molecule has 0 aromatic heterocycles. The molecular weight excluding hydrogens is 419 g/mol. The number of aliphatic imine (C=N–C) groups is 1. The molecule has 1 atom stereocenters. The first kappa shape index (κ1) is 20.7. The van der Waals surface area contributed by atoms with Crippen LogP contribution in [0.1, 0.15) is 29.6 Å². The largest absolute Gasteiger partial charge is 0.376 e. The number of nitrogens with zero attached hydrogens (tertiary/aromatic N) is 1. The Bertz CT molecular complexity index is 505. The van der Waals surface area contributed by atoms with Crippen LogP contribution in [-0.4, -0.2) is 51.3 Å². The van der Waals surface area contributed by atoms with Gasteiger partial charge in [-0.3, -0.25) is 9.79 Å². The first-order valence-corrected chi connectivity index (χ1v) is 8.19. The zero-order valence-electron chi connectivity index (χ0n) is 14.1. The minimum Gasteiger partial charge on any atom is -0.376 e. The Kier molecular flexibility index (Phi) is 10.4. The monoisotopic (exact) mass is 446 g/mol. The van der Waals surface area contributed by atoms with Crippen LogP contribution in [0.25, 0.3) is 0 Å². The molecule has 0 radical (unpaired) electrons. The molecule has 1 heterocycles. The first-order valence-electron chi connectivity index (χ1n) is 8.19. The van der Waals surface area contributed by atoms with Gasteiger partial charge in [0.05, 0.1) is 6.10 Å². The molecule has 1 aliphatic heterocycles. The van der Waals surface area contributed by atoms with Crippen molar-refractivity contribution in [2.75, 3.05) is 33.3 Å². The molecule has 1 saturated heterocycles. The van der Waals surface area contributed by atoms with E-state index in [-0.39, 0.29) is 29.9 Å². The Hall–Kier alpha value is -1.35. The molecule has 1 aromatic carbocycles. The lowest BCUT2D eigenvalue weighted by atomic mass is 10.2. The number of hydrogen-bond donors (Lipinski definition) is 3. The van der Waals surface area contributed by atoms with Gasteiger partial charge in [-0.05, 0) is 31.4 Å². The summed E-state index contributed by atoms with van der Waals surface area (Å²) in [6.45, 7) is 3.02. The van der Waals surface area contributed by atoms with Crippen molar-refractivity contribution in [1.29, 1.82) is 0 Å². The average molecular weight is 446 g/mol. The van der Waals surface area contributed by atoms with E-state index in [0.29, 0.717) is 18.2 Å². The normalized spacial score (nSPS) is 17.0. The van der Waals surface area contributed by atoms with Gasteiger partial charge in [-0.2, -0.15) is 0 Å². The second-order valence-corrected chi connectivity index (χ2v) is 5.49. The molecule has 2 rings (SSSR count). The third-order valence-corrected chi connectivity index (χ3v) is 3.71. The molecule has 7 heteroatoms. The molecule has 1 fully saturated rings. The van der Waals surface area contributed by atoms with Gasteiger partial charge >= 0.3 is 0 Å². The van der Waals surface area contributed by atoms with E-state index in [9.17, 15) is 4.79 Å². The number of nitrogens with one attached hydrogen (secondary N) is 3. The number of guanidine groups is 1. The quantitative estimate of drug-likeness (QED) is 0.258. The summed E-state index contributed by atoms with van der Waals surface area (Å²) < 4.78 is 5.57. The predicted molar refractivity (Wildman–Crippen MR) is 107 cm³/mol. The predicted octanol–water partition coefficient (Wildman–Crippen LogP) is 1.77. The smallest absolute Gasteiger partial charge is 0.251 e. The summed E-state index contributed by atoms with van der Waals surface area (Å²) in [6.07, 6.45) is 3.37. The zero-order chi connectivity index (χ0) is 16.3. The summed E-state index contributed by atoms with van der Waals surface area (Å²) in [7, 11) is 1.75. The highest BCUT2D eigenvalue weighted by Crippen LogP contribution is 2.10. The molecule has 1 unspecified atom stereocenters. The van der Waals surface area contributed by atoms with Gasteiger partial charge in [0, 0.05) is 38.9 Å². The molecule has 0 aliphatic carbocycles. The van der Waals surface area contributed by atoms with E-state index in [1.807, 2.05) is 30.3 Å². The van der Waals surface area contributed by atoms with Crippen molar-refractivity contribution in [3.05, 3.63) is 35.9 Å². The molecule has 6 nitrogen and oxygen atoms in total. The Morgan fingerprint density at radius 2 is 1.96 bits per heavy atom.